The lowest BCUT2D eigenvalue weighted by Gasteiger charge is -2.05. The molecule has 0 atom stereocenters. The van der Waals surface area contributed by atoms with Crippen LogP contribution in [0.15, 0.2) is 53.0 Å². The highest BCUT2D eigenvalue weighted by atomic mass is 79.9. The minimum Gasteiger partial charge on any atom is -0.497 e. The van der Waals surface area contributed by atoms with Crippen LogP contribution in [0.1, 0.15) is 15.9 Å². The first-order chi connectivity index (χ1) is 12.9. The van der Waals surface area contributed by atoms with E-state index in [9.17, 15) is 18.8 Å². The first-order valence-corrected chi connectivity index (χ1v) is 8.46. The number of rotatable bonds is 6. The molecule has 6 nitrogen and oxygen atoms in total. The number of amides is 2. The Morgan fingerprint density at radius 3 is 2.52 bits per heavy atom. The minimum absolute atomic E-state index is 0.181. The number of hydrogen-bond donors (Lipinski definition) is 1. The van der Waals surface area contributed by atoms with E-state index in [2.05, 4.69) is 21.2 Å². The van der Waals surface area contributed by atoms with Gasteiger partial charge in [-0.2, -0.15) is 0 Å². The van der Waals surface area contributed by atoms with E-state index in [1.54, 1.807) is 12.1 Å². The van der Waals surface area contributed by atoms with E-state index in [1.807, 2.05) is 0 Å². The van der Waals surface area contributed by atoms with Crippen molar-refractivity contribution in [3.8, 4) is 5.75 Å². The molecule has 2 aromatic rings. The van der Waals surface area contributed by atoms with E-state index in [1.165, 1.54) is 43.5 Å². The second-order valence-corrected chi connectivity index (χ2v) is 6.13. The Labute approximate surface area is 163 Å². The molecule has 0 saturated carbocycles. The maximum absolute atomic E-state index is 13.6. The zero-order valence-electron chi connectivity index (χ0n) is 14.2. The molecule has 0 unspecified atom stereocenters. The number of imide groups is 1. The van der Waals surface area contributed by atoms with Gasteiger partial charge in [0.05, 0.1) is 7.11 Å². The molecule has 8 heteroatoms. The van der Waals surface area contributed by atoms with Crippen LogP contribution < -0.4 is 10.1 Å². The quantitative estimate of drug-likeness (QED) is 0.556. The van der Waals surface area contributed by atoms with Crippen molar-refractivity contribution in [1.29, 1.82) is 0 Å². The smallest absolute Gasteiger partial charge is 0.331 e. The van der Waals surface area contributed by atoms with E-state index < -0.39 is 30.2 Å². The molecule has 2 amide bonds. The number of benzene rings is 2. The molecule has 0 aliphatic carbocycles. The molecule has 2 rings (SSSR count). The van der Waals surface area contributed by atoms with Crippen molar-refractivity contribution in [1.82, 2.24) is 5.32 Å². The summed E-state index contributed by atoms with van der Waals surface area (Å²) in [5.41, 5.74) is 0.431. The summed E-state index contributed by atoms with van der Waals surface area (Å²) in [7, 11) is 1.49. The second-order valence-electron chi connectivity index (χ2n) is 5.21. The zero-order chi connectivity index (χ0) is 19.8. The molecule has 140 valence electrons. The van der Waals surface area contributed by atoms with Crippen LogP contribution in [0.4, 0.5) is 4.39 Å². The Kier molecular flexibility index (Phi) is 7.25. The van der Waals surface area contributed by atoms with Gasteiger partial charge < -0.3 is 9.47 Å². The van der Waals surface area contributed by atoms with Gasteiger partial charge in [0.15, 0.2) is 6.61 Å². The molecule has 0 aliphatic rings. The third kappa shape index (κ3) is 6.34. The molecule has 2 aromatic carbocycles. The van der Waals surface area contributed by atoms with Crippen LogP contribution in [-0.2, 0) is 14.3 Å². The highest BCUT2D eigenvalue weighted by molar-refractivity contribution is 9.10. The van der Waals surface area contributed by atoms with Crippen molar-refractivity contribution in [3.05, 3.63) is 70.0 Å². The third-order valence-electron chi connectivity index (χ3n) is 3.31. The van der Waals surface area contributed by atoms with Crippen LogP contribution in [-0.4, -0.2) is 31.5 Å². The Hall–Kier alpha value is -3.00. The fourth-order valence-corrected chi connectivity index (χ4v) is 2.34. The van der Waals surface area contributed by atoms with Crippen LogP contribution in [0.2, 0.25) is 0 Å². The van der Waals surface area contributed by atoms with Crippen LogP contribution in [0.3, 0.4) is 0 Å². The predicted molar refractivity (Wildman–Crippen MR) is 99.6 cm³/mol. The predicted octanol–water partition coefficient (Wildman–Crippen LogP) is 3.11. The van der Waals surface area contributed by atoms with Gasteiger partial charge in [-0.15, -0.1) is 0 Å². The SMILES string of the molecule is COc1ccc(C(=O)NC(=O)COC(=O)/C=C/c2cc(Br)ccc2F)cc1. The van der Waals surface area contributed by atoms with Crippen LogP contribution in [0.25, 0.3) is 6.08 Å². The van der Waals surface area contributed by atoms with Crippen molar-refractivity contribution in [2.75, 3.05) is 13.7 Å². The number of esters is 1. The Morgan fingerprint density at radius 2 is 1.85 bits per heavy atom. The lowest BCUT2D eigenvalue weighted by Crippen LogP contribution is -2.34. The molecule has 0 heterocycles. The Bertz CT molecular complexity index is 880. The molecule has 0 aliphatic heterocycles. The first kappa shape index (κ1) is 20.3. The monoisotopic (exact) mass is 435 g/mol. The average molecular weight is 436 g/mol. The second kappa shape index (κ2) is 9.63. The largest absolute Gasteiger partial charge is 0.497 e. The molecular weight excluding hydrogens is 421 g/mol. The molecule has 0 fully saturated rings. The summed E-state index contributed by atoms with van der Waals surface area (Å²) in [6.07, 6.45) is 2.21. The third-order valence-corrected chi connectivity index (χ3v) is 3.80. The minimum atomic E-state index is -0.846. The van der Waals surface area contributed by atoms with Gasteiger partial charge in [0.1, 0.15) is 11.6 Å². The lowest BCUT2D eigenvalue weighted by molar-refractivity contribution is -0.143. The van der Waals surface area contributed by atoms with Crippen molar-refractivity contribution < 1.29 is 28.2 Å². The fourth-order valence-electron chi connectivity index (χ4n) is 1.96. The Balaban J connectivity index is 1.83. The number of nitrogens with one attached hydrogen (secondary N) is 1. The summed E-state index contributed by atoms with van der Waals surface area (Å²) >= 11 is 3.19. The zero-order valence-corrected chi connectivity index (χ0v) is 15.8. The highest BCUT2D eigenvalue weighted by Crippen LogP contribution is 2.16. The number of carbonyl (C=O) groups is 3. The molecule has 0 spiro atoms. The number of ether oxygens (including phenoxy) is 2. The summed E-state index contributed by atoms with van der Waals surface area (Å²) in [5.74, 6) is -2.20. The van der Waals surface area contributed by atoms with Crippen molar-refractivity contribution in [2.45, 2.75) is 0 Å². The molecule has 0 bridgehead atoms. The Morgan fingerprint density at radius 1 is 1.15 bits per heavy atom. The van der Waals surface area contributed by atoms with Gasteiger partial charge in [-0.1, -0.05) is 15.9 Å². The van der Waals surface area contributed by atoms with Crippen molar-refractivity contribution in [2.24, 2.45) is 0 Å². The van der Waals surface area contributed by atoms with E-state index in [0.717, 1.165) is 6.08 Å². The normalized spacial score (nSPS) is 10.5. The van der Waals surface area contributed by atoms with Crippen molar-refractivity contribution in [3.63, 3.8) is 0 Å². The van der Waals surface area contributed by atoms with Gasteiger partial charge in [0, 0.05) is 21.7 Å². The van der Waals surface area contributed by atoms with E-state index >= 15 is 0 Å². The standard InChI is InChI=1S/C19H15BrFNO5/c1-26-15-6-2-12(3-7-15)19(25)22-17(23)11-27-18(24)9-4-13-10-14(20)5-8-16(13)21/h2-10H,11H2,1H3,(H,22,23,25)/b9-4+. The van der Waals surface area contributed by atoms with Gasteiger partial charge in [-0.05, 0) is 48.5 Å². The van der Waals surface area contributed by atoms with Crippen LogP contribution >= 0.6 is 15.9 Å². The molecular formula is C19H15BrFNO5. The summed E-state index contributed by atoms with van der Waals surface area (Å²) in [6, 6.07) is 10.4. The summed E-state index contributed by atoms with van der Waals surface area (Å²) in [4.78, 5) is 35.2. The summed E-state index contributed by atoms with van der Waals surface area (Å²) in [6.45, 7) is -0.647. The molecule has 0 aromatic heterocycles. The maximum atomic E-state index is 13.6. The number of carbonyl (C=O) groups excluding carboxylic acids is 3. The van der Waals surface area contributed by atoms with E-state index in [-0.39, 0.29) is 11.1 Å². The van der Waals surface area contributed by atoms with Crippen LogP contribution in [0, 0.1) is 5.82 Å². The van der Waals surface area contributed by atoms with Gasteiger partial charge in [-0.3, -0.25) is 14.9 Å². The first-order valence-electron chi connectivity index (χ1n) is 7.67. The number of halogens is 2. The highest BCUT2D eigenvalue weighted by Gasteiger charge is 2.12. The van der Waals surface area contributed by atoms with Gasteiger partial charge in [0.2, 0.25) is 0 Å². The van der Waals surface area contributed by atoms with Gasteiger partial charge in [0.25, 0.3) is 11.8 Å². The number of hydrogen-bond acceptors (Lipinski definition) is 5. The van der Waals surface area contributed by atoms with Crippen molar-refractivity contribution >= 4 is 39.8 Å². The summed E-state index contributed by atoms with van der Waals surface area (Å²) in [5, 5.41) is 2.09. The topological polar surface area (TPSA) is 81.7 Å². The van der Waals surface area contributed by atoms with E-state index in [4.69, 9.17) is 9.47 Å². The molecule has 1 N–H and O–H groups in total. The lowest BCUT2D eigenvalue weighted by atomic mass is 10.2. The van der Waals surface area contributed by atoms with E-state index in [0.29, 0.717) is 10.2 Å². The summed E-state index contributed by atoms with van der Waals surface area (Å²) < 4.78 is 23.9. The molecule has 0 radical (unpaired) electrons. The maximum Gasteiger partial charge on any atom is 0.331 e. The average Bonchev–Trinajstić information content (AvgIpc) is 2.67. The van der Waals surface area contributed by atoms with Gasteiger partial charge in [-0.25, -0.2) is 9.18 Å². The van der Waals surface area contributed by atoms with Crippen LogP contribution in [0.5, 0.6) is 5.75 Å². The molecule has 0 saturated heterocycles. The fraction of sp³-hybridized carbons (Fsp3) is 0.105. The molecule has 27 heavy (non-hydrogen) atoms. The van der Waals surface area contributed by atoms with Gasteiger partial charge >= 0.3 is 5.97 Å². The number of methoxy groups -OCH3 is 1.